The van der Waals surface area contributed by atoms with Gasteiger partial charge in [0.2, 0.25) is 24.4 Å². The molecule has 568 valence electrons. The number of aliphatic hydroxyl groups is 6. The van der Waals surface area contributed by atoms with E-state index in [1.165, 1.54) is 29.2 Å². The first-order valence-electron chi connectivity index (χ1n) is 33.6. The topological polar surface area (TPSA) is 465 Å². The second-order valence-corrected chi connectivity index (χ2v) is 26.1. The number of esters is 2. The first kappa shape index (κ1) is 84.8. The fourth-order valence-corrected chi connectivity index (χ4v) is 9.87. The van der Waals surface area contributed by atoms with Crippen LogP contribution in [0.15, 0.2) is 60.7 Å². The van der Waals surface area contributed by atoms with E-state index in [-0.39, 0.29) is 74.5 Å². The van der Waals surface area contributed by atoms with Crippen molar-refractivity contribution in [2.24, 2.45) is 10.8 Å². The number of rotatable bonds is 42. The van der Waals surface area contributed by atoms with Gasteiger partial charge in [-0.1, -0.05) is 18.6 Å². The predicted molar refractivity (Wildman–Crippen MR) is 353 cm³/mol. The van der Waals surface area contributed by atoms with Crippen molar-refractivity contribution in [3.63, 3.8) is 0 Å². The molecule has 2 fully saturated rings. The molecular weight excluding hydrogens is 1350 g/mol. The van der Waals surface area contributed by atoms with Crippen LogP contribution < -0.4 is 20.1 Å². The highest BCUT2D eigenvalue weighted by atomic mass is 16.7. The number of benzene rings is 2. The lowest BCUT2D eigenvalue weighted by Crippen LogP contribution is -2.61. The summed E-state index contributed by atoms with van der Waals surface area (Å²) < 4.78 is 60.6. The van der Waals surface area contributed by atoms with Crippen molar-refractivity contribution in [3.8, 4) is 11.5 Å². The molecule has 33 heteroatoms. The van der Waals surface area contributed by atoms with Crippen LogP contribution in [0, 0.1) is 10.8 Å². The zero-order valence-electron chi connectivity index (χ0n) is 58.3. The van der Waals surface area contributed by atoms with Gasteiger partial charge >= 0.3 is 23.9 Å². The van der Waals surface area contributed by atoms with Crippen LogP contribution in [-0.2, 0) is 117 Å². The lowest BCUT2D eigenvalue weighted by atomic mass is 9.97. The Labute approximate surface area is 590 Å². The highest BCUT2D eigenvalue weighted by Gasteiger charge is 2.50. The summed E-state index contributed by atoms with van der Waals surface area (Å²) >= 11 is 0. The molecule has 10 atom stereocenters. The normalized spacial score (nSPS) is 21.9. The van der Waals surface area contributed by atoms with Crippen LogP contribution in [0.4, 0.5) is 0 Å². The number of amides is 6. The maximum absolute atomic E-state index is 12.5. The number of carboxylic acids is 2. The molecule has 0 aliphatic carbocycles. The number of unbranched alkanes of at least 4 members (excludes halogenated alkanes) is 2. The number of aliphatic carboxylic acids is 2. The standard InChI is InChI=1S/C37H54N2O15.C32H44N2O14/c1-37(2,3)36(48)52-23-25-22-24(10-11-26(25)53-35-32(45)30(43)31(44)33(54-35)34(46)47)8-7-16-49-18-20-51-21-19-50-17-14-38-27(40)9-5-4-6-15-39-28(41)12-13-29(39)42;1-32(2,3)31(43)46-18-20-17-19(6-7-21(20)47-30-27(40)25(38)26(39)28(48-30)29(41)42)5-4-13-44-15-16-45-14-11-33-22(35)10-12-34-23(36)8-9-24(34)37/h10-13,22,30-33,35,43-45H,4-9,14-21,23H2,1-3H3,(H,38,40)(H,46,47);6-9,17,25-28,30,38-40H,4-5,10-16,18H2,1-3H3,(H,33,35)(H,41,42)/t30-,31-,32+,33-,35+;25-,26-,27+,28-,30+/m00/s1. The minimum atomic E-state index is -1.87. The van der Waals surface area contributed by atoms with Gasteiger partial charge in [0.25, 0.3) is 23.6 Å². The maximum Gasteiger partial charge on any atom is 0.335 e. The number of imide groups is 2. The van der Waals surface area contributed by atoms with Gasteiger partial charge in [-0.2, -0.15) is 0 Å². The number of aryl methyl sites for hydroxylation is 2. The summed E-state index contributed by atoms with van der Waals surface area (Å²) in [5, 5.41) is 85.2. The molecule has 4 aliphatic rings. The summed E-state index contributed by atoms with van der Waals surface area (Å²) in [6, 6.07) is 10.1. The molecule has 6 rings (SSSR count). The van der Waals surface area contributed by atoms with E-state index in [0.717, 1.165) is 22.4 Å². The number of carbonyl (C=O) groups is 10. The monoisotopic (exact) mass is 1450 g/mol. The minimum absolute atomic E-state index is 0.00198. The van der Waals surface area contributed by atoms with Gasteiger partial charge < -0.3 is 104 Å². The highest BCUT2D eigenvalue weighted by molar-refractivity contribution is 6.13. The number of carboxylic acid groups (broad SMARTS) is 2. The third-order valence-corrected chi connectivity index (χ3v) is 15.7. The van der Waals surface area contributed by atoms with E-state index in [9.17, 15) is 88.8 Å². The fraction of sp³-hybridized carbons (Fsp3) is 0.623. The molecule has 6 amide bonds. The number of hydrogen-bond donors (Lipinski definition) is 10. The van der Waals surface area contributed by atoms with E-state index in [1.54, 1.807) is 77.9 Å². The van der Waals surface area contributed by atoms with Gasteiger partial charge in [-0.15, -0.1) is 0 Å². The number of nitrogens with one attached hydrogen (secondary N) is 2. The summed E-state index contributed by atoms with van der Waals surface area (Å²) in [6.07, 6.45) is -8.12. The second kappa shape index (κ2) is 42.6. The third kappa shape index (κ3) is 28.4. The quantitative estimate of drug-likeness (QED) is 0.0239. The molecule has 2 aromatic carbocycles. The van der Waals surface area contributed by atoms with Gasteiger partial charge in [-0.3, -0.25) is 48.2 Å². The van der Waals surface area contributed by atoms with E-state index in [4.69, 9.17) is 52.1 Å². The summed E-state index contributed by atoms with van der Waals surface area (Å²) in [4.78, 5) is 120. The lowest BCUT2D eigenvalue weighted by Gasteiger charge is -2.38. The Bertz CT molecular complexity index is 3130. The molecule has 0 aromatic heterocycles. The molecule has 33 nitrogen and oxygen atoms in total. The van der Waals surface area contributed by atoms with Crippen LogP contribution >= 0.6 is 0 Å². The summed E-state index contributed by atoms with van der Waals surface area (Å²) in [6.45, 7) is 14.4. The van der Waals surface area contributed by atoms with E-state index in [2.05, 4.69) is 10.6 Å². The molecular formula is C69H98N4O29. The molecule has 4 aliphatic heterocycles. The Morgan fingerprint density at radius 3 is 1.19 bits per heavy atom. The maximum atomic E-state index is 12.5. The smallest absolute Gasteiger partial charge is 0.335 e. The number of nitrogens with zero attached hydrogens (tertiary/aromatic N) is 2. The lowest BCUT2D eigenvalue weighted by molar-refractivity contribution is -0.271. The van der Waals surface area contributed by atoms with Crippen molar-refractivity contribution in [3.05, 3.63) is 83.0 Å². The number of ether oxygens (including phenoxy) is 11. The van der Waals surface area contributed by atoms with Crippen molar-refractivity contribution in [1.82, 2.24) is 20.4 Å². The van der Waals surface area contributed by atoms with Gasteiger partial charge in [0.1, 0.15) is 61.3 Å². The summed E-state index contributed by atoms with van der Waals surface area (Å²) in [5.74, 6) is -5.60. The Kier molecular flexibility index (Phi) is 35.4. The molecule has 0 spiro atoms. The van der Waals surface area contributed by atoms with E-state index in [0.29, 0.717) is 129 Å². The number of aliphatic hydroxyl groups excluding tert-OH is 6. The average molecular weight is 1450 g/mol. The van der Waals surface area contributed by atoms with Gasteiger partial charge in [-0.25, -0.2) is 9.59 Å². The van der Waals surface area contributed by atoms with E-state index in [1.807, 2.05) is 0 Å². The molecule has 0 radical (unpaired) electrons. The largest absolute Gasteiger partial charge is 0.479 e. The van der Waals surface area contributed by atoms with Crippen LogP contribution in [-0.4, -0.2) is 264 Å². The van der Waals surface area contributed by atoms with Crippen molar-refractivity contribution in [2.75, 3.05) is 92.2 Å². The van der Waals surface area contributed by atoms with Gasteiger partial charge in [-0.05, 0) is 115 Å². The molecule has 0 unspecified atom stereocenters. The molecule has 2 saturated heterocycles. The molecule has 4 heterocycles. The Balaban J connectivity index is 0.000000370. The third-order valence-electron chi connectivity index (χ3n) is 15.7. The fourth-order valence-electron chi connectivity index (χ4n) is 9.87. The summed E-state index contributed by atoms with van der Waals surface area (Å²) in [5.41, 5.74) is 0.994. The average Bonchev–Trinajstić information content (AvgIpc) is 1.09. The van der Waals surface area contributed by atoms with Crippen LogP contribution in [0.2, 0.25) is 0 Å². The molecule has 0 saturated carbocycles. The van der Waals surface area contributed by atoms with Crippen molar-refractivity contribution >= 4 is 59.3 Å². The van der Waals surface area contributed by atoms with E-state index < -0.39 is 108 Å². The highest BCUT2D eigenvalue weighted by Crippen LogP contribution is 2.32. The van der Waals surface area contributed by atoms with Crippen LogP contribution in [0.5, 0.6) is 11.5 Å². The molecule has 102 heavy (non-hydrogen) atoms. The van der Waals surface area contributed by atoms with Gasteiger partial charge in [0.05, 0.1) is 63.7 Å². The Hall–Kier alpha value is -7.90. The van der Waals surface area contributed by atoms with Crippen LogP contribution in [0.3, 0.4) is 0 Å². The van der Waals surface area contributed by atoms with Crippen LogP contribution in [0.25, 0.3) is 0 Å². The Morgan fingerprint density at radius 2 is 0.804 bits per heavy atom. The first-order valence-corrected chi connectivity index (χ1v) is 33.6. The van der Waals surface area contributed by atoms with Gasteiger partial charge in [0.15, 0.2) is 12.2 Å². The van der Waals surface area contributed by atoms with Crippen molar-refractivity contribution in [2.45, 2.75) is 174 Å². The number of hydrogen-bond acceptors (Lipinski definition) is 27. The second-order valence-electron chi connectivity index (χ2n) is 26.1. The molecule has 0 bridgehead atoms. The summed E-state index contributed by atoms with van der Waals surface area (Å²) in [7, 11) is 0. The first-order chi connectivity index (χ1) is 48.4. The molecule has 2 aromatic rings. The van der Waals surface area contributed by atoms with Crippen molar-refractivity contribution < 1.29 is 141 Å². The van der Waals surface area contributed by atoms with Gasteiger partial charge in [0, 0.05) is 87.7 Å². The Morgan fingerprint density at radius 1 is 0.441 bits per heavy atom. The van der Waals surface area contributed by atoms with Crippen molar-refractivity contribution in [1.29, 1.82) is 0 Å². The molecule has 10 N–H and O–H groups in total. The SMILES string of the molecule is CC(C)(C)C(=O)OCc1cc(CCCOCCOCCNC(=O)CCN2C(=O)C=CC2=O)ccc1O[C@@H]1O[C@H](C(=O)O)[C@@H](O)[C@H](O)[C@H]1O.CC(C)(C)C(=O)OCc1cc(CCCOCCOCCOCCNC(=O)CCCCCN2C(=O)C=CC2=O)ccc1O[C@@H]1O[C@H](C(=O)O)[C@@H](O)[C@H](O)[C@H]1O. The zero-order valence-corrected chi connectivity index (χ0v) is 58.3. The van der Waals surface area contributed by atoms with E-state index >= 15 is 0 Å². The van der Waals surface area contributed by atoms with Crippen LogP contribution in [0.1, 0.15) is 109 Å². The predicted octanol–water partition coefficient (Wildman–Crippen LogP) is 0.0749. The zero-order chi connectivity index (χ0) is 75.1. The number of carbonyl (C=O) groups excluding carboxylic acids is 8. The minimum Gasteiger partial charge on any atom is -0.479 e.